The Hall–Kier alpha value is -3.80. The molecule has 0 saturated carbocycles. The number of rotatable bonds is 5. The summed E-state index contributed by atoms with van der Waals surface area (Å²) in [6.45, 7) is 4.41. The fourth-order valence-corrected chi connectivity index (χ4v) is 5.39. The Balaban J connectivity index is 1.24. The lowest BCUT2D eigenvalue weighted by atomic mass is 10.0. The molecule has 2 saturated heterocycles. The third kappa shape index (κ3) is 5.13. The molecule has 2 fully saturated rings. The van der Waals surface area contributed by atoms with Gasteiger partial charge in [-0.25, -0.2) is 23.4 Å². The van der Waals surface area contributed by atoms with Crippen LogP contribution in [0.4, 0.5) is 13.6 Å². The van der Waals surface area contributed by atoms with Crippen molar-refractivity contribution in [1.29, 1.82) is 0 Å². The number of nitrogens with zero attached hydrogens (tertiary/aromatic N) is 5. The second-order valence-electron chi connectivity index (χ2n) is 9.76. The van der Waals surface area contributed by atoms with E-state index in [0.29, 0.717) is 51.2 Å². The summed E-state index contributed by atoms with van der Waals surface area (Å²) in [4.78, 5) is 51.0. The van der Waals surface area contributed by atoms with Crippen LogP contribution in [0.2, 0.25) is 0 Å². The smallest absolute Gasteiger partial charge is 0.327 e. The van der Waals surface area contributed by atoms with Gasteiger partial charge in [0.2, 0.25) is 5.91 Å². The highest BCUT2D eigenvalue weighted by Gasteiger charge is 2.33. The Kier molecular flexibility index (Phi) is 7.41. The molecule has 3 amide bonds. The zero-order valence-electron chi connectivity index (χ0n) is 21.2. The zero-order valence-corrected chi connectivity index (χ0v) is 21.2. The Morgan fingerprint density at radius 2 is 1.89 bits per heavy atom. The van der Waals surface area contributed by atoms with E-state index in [1.807, 2.05) is 17.9 Å². The van der Waals surface area contributed by atoms with Crippen LogP contribution >= 0.6 is 0 Å². The van der Waals surface area contributed by atoms with Gasteiger partial charge in [-0.3, -0.25) is 19.2 Å². The molecule has 0 unspecified atom stereocenters. The lowest BCUT2D eigenvalue weighted by Gasteiger charge is -2.34. The van der Waals surface area contributed by atoms with Crippen LogP contribution in [0.15, 0.2) is 41.3 Å². The summed E-state index contributed by atoms with van der Waals surface area (Å²) in [5, 5.41) is 2.88. The standard InChI is InChI=1S/C26H31F2N7O3/c1-2-33-14-13-32(15-17-5-3-6-19(27)22(17)28)16-20(24(33)36)30-25(37)34-11-8-18(9-12-34)35-21-7-4-10-29-23(21)31-26(35)38/h3-7,10,18,20H,2,8-9,11-16H2,1H3,(H,30,37)(H,29,31,38)/t20-/m1/s1. The first kappa shape index (κ1) is 25.8. The Morgan fingerprint density at radius 3 is 2.66 bits per heavy atom. The number of carbonyl (C=O) groups is 2. The molecular weight excluding hydrogens is 496 g/mol. The highest BCUT2D eigenvalue weighted by Crippen LogP contribution is 2.24. The van der Waals surface area contributed by atoms with Crippen LogP contribution in [0.1, 0.15) is 31.4 Å². The molecule has 0 bridgehead atoms. The number of hydrogen-bond acceptors (Lipinski definition) is 5. The van der Waals surface area contributed by atoms with Crippen molar-refractivity contribution in [3.63, 3.8) is 0 Å². The van der Waals surface area contributed by atoms with Gasteiger partial charge in [-0.1, -0.05) is 12.1 Å². The van der Waals surface area contributed by atoms with E-state index < -0.39 is 17.7 Å². The van der Waals surface area contributed by atoms with Crippen molar-refractivity contribution in [3.8, 4) is 0 Å². The second kappa shape index (κ2) is 10.9. The number of benzene rings is 1. The quantitative estimate of drug-likeness (QED) is 0.529. The fourth-order valence-electron chi connectivity index (χ4n) is 5.39. The molecule has 0 aliphatic carbocycles. The number of amides is 3. The maximum absolute atomic E-state index is 14.3. The van der Waals surface area contributed by atoms with Crippen molar-refractivity contribution in [2.45, 2.75) is 38.4 Å². The highest BCUT2D eigenvalue weighted by atomic mass is 19.2. The minimum atomic E-state index is -0.914. The monoisotopic (exact) mass is 527 g/mol. The van der Waals surface area contributed by atoms with Crippen LogP contribution in [0.3, 0.4) is 0 Å². The third-order valence-corrected chi connectivity index (χ3v) is 7.45. The molecule has 38 heavy (non-hydrogen) atoms. The first-order valence-electron chi connectivity index (χ1n) is 12.9. The van der Waals surface area contributed by atoms with Crippen LogP contribution in [-0.2, 0) is 11.3 Å². The average Bonchev–Trinajstić information content (AvgIpc) is 3.18. The number of H-pyrrole nitrogens is 1. The van der Waals surface area contributed by atoms with Crippen molar-refractivity contribution in [2.75, 3.05) is 39.3 Å². The van der Waals surface area contributed by atoms with Crippen molar-refractivity contribution < 1.29 is 18.4 Å². The van der Waals surface area contributed by atoms with Crippen LogP contribution in [0.25, 0.3) is 11.2 Å². The first-order chi connectivity index (χ1) is 18.4. The highest BCUT2D eigenvalue weighted by molar-refractivity contribution is 5.87. The molecule has 4 heterocycles. The molecule has 1 atom stereocenters. The summed E-state index contributed by atoms with van der Waals surface area (Å²) < 4.78 is 29.7. The Labute approximate surface area is 218 Å². The number of aromatic nitrogens is 3. The van der Waals surface area contributed by atoms with Gasteiger partial charge in [0, 0.05) is 63.6 Å². The summed E-state index contributed by atoms with van der Waals surface area (Å²) in [6, 6.07) is 6.43. The predicted molar refractivity (Wildman–Crippen MR) is 136 cm³/mol. The SMILES string of the molecule is CCN1CCN(Cc2cccc(F)c2F)C[C@@H](NC(=O)N2CCC(n3c(=O)[nH]c4ncccc43)CC2)C1=O. The maximum Gasteiger partial charge on any atom is 0.327 e. The molecule has 5 rings (SSSR count). The van der Waals surface area contributed by atoms with Gasteiger partial charge in [0.1, 0.15) is 6.04 Å². The normalized spacial score (nSPS) is 19.7. The molecule has 10 nitrogen and oxygen atoms in total. The lowest BCUT2D eigenvalue weighted by molar-refractivity contribution is -0.132. The molecule has 1 aromatic carbocycles. The first-order valence-corrected chi connectivity index (χ1v) is 12.9. The molecule has 2 N–H and O–H groups in total. The molecule has 12 heteroatoms. The second-order valence-corrected chi connectivity index (χ2v) is 9.76. The van der Waals surface area contributed by atoms with E-state index in [1.165, 1.54) is 12.1 Å². The lowest BCUT2D eigenvalue weighted by Crippen LogP contribution is -2.55. The van der Waals surface area contributed by atoms with Gasteiger partial charge in [-0.2, -0.15) is 0 Å². The van der Waals surface area contributed by atoms with Crippen LogP contribution < -0.4 is 11.0 Å². The summed E-state index contributed by atoms with van der Waals surface area (Å²) >= 11 is 0. The van der Waals surface area contributed by atoms with Gasteiger partial charge >= 0.3 is 11.7 Å². The Bertz CT molecular complexity index is 1380. The van der Waals surface area contributed by atoms with Gasteiger partial charge in [0.05, 0.1) is 5.52 Å². The number of aromatic amines is 1. The van der Waals surface area contributed by atoms with E-state index in [1.54, 1.807) is 26.6 Å². The molecule has 2 aliphatic heterocycles. The van der Waals surface area contributed by atoms with Gasteiger partial charge in [0.15, 0.2) is 17.3 Å². The molecular formula is C26H31F2N7O3. The van der Waals surface area contributed by atoms with Crippen molar-refractivity contribution in [1.82, 2.24) is 34.6 Å². The fraction of sp³-hybridized carbons (Fsp3) is 0.462. The minimum absolute atomic E-state index is 0.0729. The van der Waals surface area contributed by atoms with Crippen LogP contribution in [0.5, 0.6) is 0 Å². The average molecular weight is 528 g/mol. The van der Waals surface area contributed by atoms with Gasteiger partial charge in [0.25, 0.3) is 0 Å². The predicted octanol–water partition coefficient (Wildman–Crippen LogP) is 2.08. The van der Waals surface area contributed by atoms with Crippen LogP contribution in [-0.4, -0.2) is 86.5 Å². The zero-order chi connectivity index (χ0) is 26.8. The van der Waals surface area contributed by atoms with Gasteiger partial charge in [-0.05, 0) is 38.0 Å². The van der Waals surface area contributed by atoms with E-state index in [-0.39, 0.29) is 42.3 Å². The number of piperidine rings is 1. The van der Waals surface area contributed by atoms with Gasteiger partial charge < -0.3 is 15.1 Å². The van der Waals surface area contributed by atoms with E-state index in [2.05, 4.69) is 15.3 Å². The maximum atomic E-state index is 14.3. The number of imidazole rings is 1. The number of fused-ring (bicyclic) bond motifs is 1. The summed E-state index contributed by atoms with van der Waals surface area (Å²) in [7, 11) is 0. The van der Waals surface area contributed by atoms with Crippen molar-refractivity contribution in [3.05, 3.63) is 64.2 Å². The molecule has 0 radical (unpaired) electrons. The van der Waals surface area contributed by atoms with E-state index in [9.17, 15) is 23.2 Å². The summed E-state index contributed by atoms with van der Waals surface area (Å²) in [5.41, 5.74) is 1.25. The summed E-state index contributed by atoms with van der Waals surface area (Å²) in [5.74, 6) is -2.01. The molecule has 3 aromatic rings. The number of carbonyl (C=O) groups excluding carboxylic acids is 2. The number of likely N-dealkylation sites (N-methyl/N-ethyl adjacent to an activating group) is 1. The number of pyridine rings is 1. The molecule has 0 spiro atoms. The number of likely N-dealkylation sites (tertiary alicyclic amines) is 1. The number of halogens is 2. The minimum Gasteiger partial charge on any atom is -0.340 e. The number of nitrogens with one attached hydrogen (secondary N) is 2. The largest absolute Gasteiger partial charge is 0.340 e. The number of hydrogen-bond donors (Lipinski definition) is 2. The Morgan fingerprint density at radius 1 is 1.11 bits per heavy atom. The number of urea groups is 1. The van der Waals surface area contributed by atoms with E-state index >= 15 is 0 Å². The molecule has 2 aromatic heterocycles. The molecule has 2 aliphatic rings. The van der Waals surface area contributed by atoms with E-state index in [0.717, 1.165) is 11.6 Å². The van der Waals surface area contributed by atoms with Crippen molar-refractivity contribution in [2.24, 2.45) is 0 Å². The topological polar surface area (TPSA) is 107 Å². The summed E-state index contributed by atoms with van der Waals surface area (Å²) in [6.07, 6.45) is 2.79. The van der Waals surface area contributed by atoms with Gasteiger partial charge in [-0.15, -0.1) is 0 Å². The van der Waals surface area contributed by atoms with Crippen molar-refractivity contribution >= 4 is 23.1 Å². The van der Waals surface area contributed by atoms with Crippen LogP contribution in [0, 0.1) is 11.6 Å². The van der Waals surface area contributed by atoms with E-state index in [4.69, 9.17) is 0 Å². The molecule has 202 valence electrons. The third-order valence-electron chi connectivity index (χ3n) is 7.45.